The number of carbonyl (C=O) groups is 1. The number of hydrogen-bond acceptors (Lipinski definition) is 4. The molecule has 0 bridgehead atoms. The molecule has 138 valence electrons. The molecule has 0 aliphatic carbocycles. The first-order valence-corrected chi connectivity index (χ1v) is 9.20. The second-order valence-electron chi connectivity index (χ2n) is 6.03. The number of halogens is 3. The third kappa shape index (κ3) is 3.74. The van der Waals surface area contributed by atoms with Crippen LogP contribution in [0.5, 0.6) is 5.75 Å². The number of amides is 1. The molecule has 0 saturated carbocycles. The molecule has 1 atom stereocenters. The van der Waals surface area contributed by atoms with Crippen molar-refractivity contribution in [3.63, 3.8) is 0 Å². The molecule has 1 aliphatic heterocycles. The molecular formula is C18H13Cl3N4O2. The lowest BCUT2D eigenvalue weighted by molar-refractivity contribution is -0.117. The first-order valence-electron chi connectivity index (χ1n) is 8.07. The summed E-state index contributed by atoms with van der Waals surface area (Å²) in [5.41, 5.74) is 1.69. The van der Waals surface area contributed by atoms with Crippen molar-refractivity contribution in [3.05, 3.63) is 68.9 Å². The highest BCUT2D eigenvalue weighted by molar-refractivity contribution is 6.37. The van der Waals surface area contributed by atoms with Gasteiger partial charge in [-0.2, -0.15) is 10.1 Å². The topological polar surface area (TPSA) is 69.0 Å². The van der Waals surface area contributed by atoms with Gasteiger partial charge < -0.3 is 4.74 Å². The highest BCUT2D eigenvalue weighted by atomic mass is 35.5. The van der Waals surface area contributed by atoms with Crippen molar-refractivity contribution in [2.24, 2.45) is 0 Å². The summed E-state index contributed by atoms with van der Waals surface area (Å²) >= 11 is 18.7. The van der Waals surface area contributed by atoms with E-state index in [-0.39, 0.29) is 18.4 Å². The van der Waals surface area contributed by atoms with Crippen molar-refractivity contribution in [2.45, 2.75) is 19.1 Å². The number of aromatic nitrogens is 3. The van der Waals surface area contributed by atoms with Crippen LogP contribution in [-0.2, 0) is 11.4 Å². The molecular weight excluding hydrogens is 411 g/mol. The molecule has 0 unspecified atom stereocenters. The second kappa shape index (κ2) is 7.38. The van der Waals surface area contributed by atoms with Gasteiger partial charge in [-0.3, -0.25) is 10.1 Å². The van der Waals surface area contributed by atoms with Crippen molar-refractivity contribution in [1.29, 1.82) is 0 Å². The van der Waals surface area contributed by atoms with Gasteiger partial charge in [0.15, 0.2) is 5.75 Å². The summed E-state index contributed by atoms with van der Waals surface area (Å²) in [7, 11) is 0. The molecule has 2 aromatic carbocycles. The van der Waals surface area contributed by atoms with E-state index in [9.17, 15) is 4.79 Å². The molecule has 6 nitrogen and oxygen atoms in total. The maximum absolute atomic E-state index is 11.9. The van der Waals surface area contributed by atoms with Gasteiger partial charge in [0.05, 0.1) is 22.5 Å². The molecule has 3 aromatic rings. The lowest BCUT2D eigenvalue weighted by atomic mass is 10.0. The molecule has 0 saturated heterocycles. The zero-order valence-electron chi connectivity index (χ0n) is 13.8. The van der Waals surface area contributed by atoms with Gasteiger partial charge in [0.2, 0.25) is 11.9 Å². The summed E-state index contributed by atoms with van der Waals surface area (Å²) in [6.45, 7) is 0.301. The number of benzene rings is 2. The van der Waals surface area contributed by atoms with E-state index < -0.39 is 0 Å². The quantitative estimate of drug-likeness (QED) is 0.657. The Kier molecular flexibility index (Phi) is 4.95. The molecule has 27 heavy (non-hydrogen) atoms. The van der Waals surface area contributed by atoms with Crippen LogP contribution in [0.3, 0.4) is 0 Å². The van der Waals surface area contributed by atoms with Gasteiger partial charge in [0.25, 0.3) is 0 Å². The van der Waals surface area contributed by atoms with E-state index >= 15 is 0 Å². The fraction of sp³-hybridized carbons (Fsp3) is 0.167. The Morgan fingerprint density at radius 1 is 1.15 bits per heavy atom. The van der Waals surface area contributed by atoms with Crippen LogP contribution in [0.1, 0.15) is 23.6 Å². The zero-order valence-corrected chi connectivity index (χ0v) is 16.1. The van der Waals surface area contributed by atoms with E-state index in [1.165, 1.54) is 6.33 Å². The predicted octanol–water partition coefficient (Wildman–Crippen LogP) is 4.75. The van der Waals surface area contributed by atoms with Gasteiger partial charge in [-0.15, -0.1) is 0 Å². The number of ether oxygens (including phenoxy) is 1. The Bertz CT molecular complexity index is 981. The van der Waals surface area contributed by atoms with Crippen LogP contribution in [0.15, 0.2) is 42.7 Å². The normalized spacial score (nSPS) is 16.0. The summed E-state index contributed by atoms with van der Waals surface area (Å²) < 4.78 is 7.43. The van der Waals surface area contributed by atoms with Crippen molar-refractivity contribution < 1.29 is 9.53 Å². The van der Waals surface area contributed by atoms with Crippen LogP contribution >= 0.6 is 34.8 Å². The summed E-state index contributed by atoms with van der Waals surface area (Å²) in [4.78, 5) is 16.0. The molecule has 0 fully saturated rings. The van der Waals surface area contributed by atoms with E-state index in [1.807, 2.05) is 12.1 Å². The van der Waals surface area contributed by atoms with Crippen molar-refractivity contribution in [1.82, 2.24) is 14.8 Å². The van der Waals surface area contributed by atoms with Crippen LogP contribution < -0.4 is 10.1 Å². The Labute approximate surface area is 170 Å². The van der Waals surface area contributed by atoms with Gasteiger partial charge in [-0.25, -0.2) is 4.68 Å². The fourth-order valence-corrected chi connectivity index (χ4v) is 3.65. The van der Waals surface area contributed by atoms with Crippen LogP contribution in [0.4, 0.5) is 5.95 Å². The van der Waals surface area contributed by atoms with Crippen LogP contribution in [0.2, 0.25) is 15.1 Å². The molecule has 1 aromatic heterocycles. The van der Waals surface area contributed by atoms with Crippen molar-refractivity contribution in [2.75, 3.05) is 5.32 Å². The maximum Gasteiger partial charge on any atom is 0.229 e. The van der Waals surface area contributed by atoms with Gasteiger partial charge in [-0.1, -0.05) is 46.9 Å². The molecule has 4 rings (SSSR count). The monoisotopic (exact) mass is 422 g/mol. The molecule has 9 heteroatoms. The van der Waals surface area contributed by atoms with Gasteiger partial charge in [-0.05, 0) is 35.4 Å². The van der Waals surface area contributed by atoms with Gasteiger partial charge in [0, 0.05) is 5.02 Å². The number of nitrogens with one attached hydrogen (secondary N) is 1. The summed E-state index contributed by atoms with van der Waals surface area (Å²) in [6, 6.07) is 10.4. The Morgan fingerprint density at radius 3 is 2.56 bits per heavy atom. The SMILES string of the molecule is O=C1C[C@@H](c2cc(Cl)c(OCc3ccc(Cl)cc3)c(Cl)c2)n2ncnc2N1. The van der Waals surface area contributed by atoms with Gasteiger partial charge in [0.1, 0.15) is 12.9 Å². The summed E-state index contributed by atoms with van der Waals surface area (Å²) in [5.74, 6) is 0.637. The Balaban J connectivity index is 1.59. The number of carbonyl (C=O) groups excluding carboxylic acids is 1. The average molecular weight is 424 g/mol. The minimum absolute atomic E-state index is 0.143. The lowest BCUT2D eigenvalue weighted by Gasteiger charge is -2.24. The van der Waals surface area contributed by atoms with E-state index in [2.05, 4.69) is 15.4 Å². The molecule has 1 N–H and O–H groups in total. The molecule has 0 radical (unpaired) electrons. The minimum atomic E-state index is -0.337. The maximum atomic E-state index is 11.9. The average Bonchev–Trinajstić information content (AvgIpc) is 3.10. The highest BCUT2D eigenvalue weighted by Crippen LogP contribution is 2.39. The summed E-state index contributed by atoms with van der Waals surface area (Å²) in [6.07, 6.45) is 1.61. The third-order valence-electron chi connectivity index (χ3n) is 4.20. The van der Waals surface area contributed by atoms with E-state index in [0.717, 1.165) is 11.1 Å². The molecule has 1 amide bonds. The number of anilines is 1. The molecule has 0 spiro atoms. The highest BCUT2D eigenvalue weighted by Gasteiger charge is 2.28. The van der Waals surface area contributed by atoms with Gasteiger partial charge >= 0.3 is 0 Å². The fourth-order valence-electron chi connectivity index (χ4n) is 2.91. The van der Waals surface area contributed by atoms with Crippen molar-refractivity contribution >= 4 is 46.7 Å². The smallest absolute Gasteiger partial charge is 0.229 e. The van der Waals surface area contributed by atoms with Crippen LogP contribution in [0, 0.1) is 0 Å². The van der Waals surface area contributed by atoms with E-state index in [0.29, 0.717) is 33.4 Å². The zero-order chi connectivity index (χ0) is 19.0. The van der Waals surface area contributed by atoms with E-state index in [4.69, 9.17) is 39.5 Å². The van der Waals surface area contributed by atoms with Crippen LogP contribution in [-0.4, -0.2) is 20.7 Å². The standard InChI is InChI=1S/C18H13Cl3N4O2/c19-12-3-1-10(2-4-12)8-27-17-13(20)5-11(6-14(17)21)15-7-16(26)24-18-22-9-23-25(15)18/h1-6,9,15H,7-8H2,(H,22,23,24,26)/t15-/m0/s1. The second-order valence-corrected chi connectivity index (χ2v) is 7.28. The predicted molar refractivity (Wildman–Crippen MR) is 104 cm³/mol. The molecule has 1 aliphatic rings. The lowest BCUT2D eigenvalue weighted by Crippen LogP contribution is -2.29. The summed E-state index contributed by atoms with van der Waals surface area (Å²) in [5, 5.41) is 8.23. The van der Waals surface area contributed by atoms with E-state index in [1.54, 1.807) is 28.9 Å². The third-order valence-corrected chi connectivity index (χ3v) is 5.01. The number of rotatable bonds is 4. The Morgan fingerprint density at radius 2 is 1.85 bits per heavy atom. The first-order chi connectivity index (χ1) is 13.0. The first kappa shape index (κ1) is 18.1. The van der Waals surface area contributed by atoms with Crippen molar-refractivity contribution in [3.8, 4) is 5.75 Å². The van der Waals surface area contributed by atoms with Crippen LogP contribution in [0.25, 0.3) is 0 Å². The minimum Gasteiger partial charge on any atom is -0.486 e. The molecule has 2 heterocycles. The number of hydrogen-bond donors (Lipinski definition) is 1. The largest absolute Gasteiger partial charge is 0.486 e. The number of fused-ring (bicyclic) bond motifs is 1. The Hall–Kier alpha value is -2.28. The number of nitrogens with zero attached hydrogens (tertiary/aromatic N) is 3.